The van der Waals surface area contributed by atoms with Crippen LogP contribution in [-0.4, -0.2) is 80.4 Å². The molecule has 0 radical (unpaired) electrons. The molecule has 262 valence electrons. The molecular weight excluding hydrogens is 639 g/mol. The van der Waals surface area contributed by atoms with E-state index in [1.165, 1.54) is 50.6 Å². The van der Waals surface area contributed by atoms with Crippen molar-refractivity contribution in [1.29, 1.82) is 0 Å². The normalized spacial score (nSPS) is 17.5. The van der Waals surface area contributed by atoms with Gasteiger partial charge in [0.15, 0.2) is 25.9 Å². The van der Waals surface area contributed by atoms with Crippen molar-refractivity contribution < 1.29 is 57.1 Å². The van der Waals surface area contributed by atoms with E-state index in [1.54, 1.807) is 19.1 Å². The highest BCUT2D eigenvalue weighted by Crippen LogP contribution is 2.29. The van der Waals surface area contributed by atoms with Crippen LogP contribution in [0.5, 0.6) is 11.5 Å². The average Bonchev–Trinajstić information content (AvgIpc) is 3.29. The van der Waals surface area contributed by atoms with E-state index >= 15 is 4.39 Å². The fraction of sp³-hybridized carbons (Fsp3) is 0.389. The number of aryl methyl sites for hydroxylation is 3. The second-order valence-electron chi connectivity index (χ2n) is 11.8. The third-order valence-corrected chi connectivity index (χ3v) is 8.33. The minimum absolute atomic E-state index is 0.00887. The number of hydroxylamine groups is 3. The number of benzene rings is 3. The monoisotopic (exact) mass is 681 g/mol. The van der Waals surface area contributed by atoms with E-state index < -0.39 is 40.3 Å². The van der Waals surface area contributed by atoms with E-state index in [9.17, 15) is 24.3 Å². The van der Waals surface area contributed by atoms with Gasteiger partial charge in [-0.1, -0.05) is 25.1 Å². The van der Waals surface area contributed by atoms with Crippen molar-refractivity contribution in [2.45, 2.75) is 52.5 Å². The molecule has 49 heavy (non-hydrogen) atoms. The summed E-state index contributed by atoms with van der Waals surface area (Å²) in [7, 11) is 2.91. The van der Waals surface area contributed by atoms with Crippen molar-refractivity contribution in [2.75, 3.05) is 40.9 Å². The number of nitrogens with one attached hydrogen (secondary N) is 1. The molecule has 0 aliphatic carbocycles. The Kier molecular flexibility index (Phi) is 12.5. The standard InChI is InChI=1S/C36H41FN2O10/c1-6-24-14-15-29(47-20-45-4)30(31(24)37)32(40)25-10-12-26(13-11-25)35(42)49-39(36(43)44)16-8-7-9-28(19-39)38-34(41)27-17-22(2)33(23(3)18-27)48-21-46-5/h10-15,17-18,28H,6-9,16,19-21H2,1-5H3,(H-,38,41,43,44)/p+1. The van der Waals surface area contributed by atoms with Crippen LogP contribution in [0, 0.1) is 19.7 Å². The quantitative estimate of drug-likeness (QED) is 0.138. The molecular formula is C36H42FN2O10+. The van der Waals surface area contributed by atoms with Gasteiger partial charge in [-0.05, 0) is 84.8 Å². The van der Waals surface area contributed by atoms with Crippen molar-refractivity contribution in [3.63, 3.8) is 0 Å². The molecule has 2 amide bonds. The van der Waals surface area contributed by atoms with Crippen molar-refractivity contribution in [3.8, 4) is 11.5 Å². The van der Waals surface area contributed by atoms with Gasteiger partial charge in [0.1, 0.15) is 29.4 Å². The summed E-state index contributed by atoms with van der Waals surface area (Å²) in [5, 5.41) is 13.2. The van der Waals surface area contributed by atoms with E-state index in [0.29, 0.717) is 42.6 Å². The topological polar surface area (TPSA) is 147 Å². The lowest BCUT2D eigenvalue weighted by Gasteiger charge is -2.30. The molecule has 2 atom stereocenters. The summed E-state index contributed by atoms with van der Waals surface area (Å²) in [5.74, 6) is -2.09. The van der Waals surface area contributed by atoms with Crippen molar-refractivity contribution in [2.24, 2.45) is 0 Å². The number of ether oxygens (including phenoxy) is 4. The number of carbonyl (C=O) groups is 4. The van der Waals surface area contributed by atoms with E-state index in [1.807, 2.05) is 13.8 Å². The zero-order valence-corrected chi connectivity index (χ0v) is 28.3. The molecule has 2 unspecified atom stereocenters. The smallest absolute Gasteiger partial charge is 0.467 e. The maximum atomic E-state index is 15.3. The van der Waals surface area contributed by atoms with Gasteiger partial charge < -0.3 is 29.4 Å². The van der Waals surface area contributed by atoms with Crippen LogP contribution in [0.15, 0.2) is 48.5 Å². The fourth-order valence-corrected chi connectivity index (χ4v) is 5.85. The number of likely N-dealkylation sites (tertiary alicyclic amines) is 1. The summed E-state index contributed by atoms with van der Waals surface area (Å²) in [6.07, 6.45) is 0.473. The molecule has 0 saturated carbocycles. The van der Waals surface area contributed by atoms with Crippen molar-refractivity contribution in [1.82, 2.24) is 5.32 Å². The fourth-order valence-electron chi connectivity index (χ4n) is 5.85. The zero-order chi connectivity index (χ0) is 35.7. The Morgan fingerprint density at radius 1 is 0.898 bits per heavy atom. The van der Waals surface area contributed by atoms with E-state index in [0.717, 1.165) is 11.1 Å². The number of rotatable bonds is 12. The molecule has 1 fully saturated rings. The molecule has 1 heterocycles. The maximum Gasteiger partial charge on any atom is 0.556 e. The third-order valence-electron chi connectivity index (χ3n) is 8.33. The van der Waals surface area contributed by atoms with Crippen molar-refractivity contribution in [3.05, 3.63) is 93.3 Å². The maximum absolute atomic E-state index is 15.3. The number of nitrogens with zero attached hydrogens (tertiary/aromatic N) is 1. The Morgan fingerprint density at radius 3 is 2.14 bits per heavy atom. The van der Waals surface area contributed by atoms with Gasteiger partial charge in [-0.2, -0.15) is 4.79 Å². The lowest BCUT2D eigenvalue weighted by Crippen LogP contribution is -2.58. The van der Waals surface area contributed by atoms with E-state index in [4.69, 9.17) is 23.8 Å². The summed E-state index contributed by atoms with van der Waals surface area (Å²) >= 11 is 0. The number of amides is 2. The predicted molar refractivity (Wildman–Crippen MR) is 175 cm³/mol. The van der Waals surface area contributed by atoms with Gasteiger partial charge in [0.05, 0.1) is 11.6 Å². The number of hydrogen-bond donors (Lipinski definition) is 2. The van der Waals surface area contributed by atoms with Gasteiger partial charge in [-0.25, -0.2) is 9.18 Å². The van der Waals surface area contributed by atoms with E-state index in [2.05, 4.69) is 5.32 Å². The number of carbonyl (C=O) groups excluding carboxylic acids is 3. The molecule has 3 aromatic rings. The highest BCUT2D eigenvalue weighted by atomic mass is 19.1. The molecule has 3 aromatic carbocycles. The summed E-state index contributed by atoms with van der Waals surface area (Å²) < 4.78 is 35.2. The van der Waals surface area contributed by atoms with Gasteiger partial charge in [0.25, 0.3) is 5.91 Å². The van der Waals surface area contributed by atoms with Crippen LogP contribution in [0.4, 0.5) is 9.18 Å². The van der Waals surface area contributed by atoms with Crippen LogP contribution >= 0.6 is 0 Å². The van der Waals surface area contributed by atoms with Gasteiger partial charge in [0, 0.05) is 31.8 Å². The first-order chi connectivity index (χ1) is 23.4. The van der Waals surface area contributed by atoms with Crippen LogP contribution in [0.2, 0.25) is 0 Å². The Balaban J connectivity index is 1.51. The average molecular weight is 682 g/mol. The number of halogens is 1. The summed E-state index contributed by atoms with van der Waals surface area (Å²) in [6.45, 7) is 5.04. The summed E-state index contributed by atoms with van der Waals surface area (Å²) in [5.41, 5.74) is 1.98. The number of quaternary nitrogens is 1. The van der Waals surface area contributed by atoms with Crippen molar-refractivity contribution >= 4 is 23.8 Å². The first-order valence-electron chi connectivity index (χ1n) is 15.9. The second-order valence-corrected chi connectivity index (χ2v) is 11.8. The molecule has 0 bridgehead atoms. The first-order valence-corrected chi connectivity index (χ1v) is 15.9. The van der Waals surface area contributed by atoms with E-state index in [-0.39, 0.29) is 49.1 Å². The van der Waals surface area contributed by atoms with Gasteiger partial charge in [0.2, 0.25) is 0 Å². The molecule has 4 rings (SSSR count). The summed E-state index contributed by atoms with van der Waals surface area (Å²) in [6, 6.07) is 11.1. The third kappa shape index (κ3) is 8.60. The largest absolute Gasteiger partial charge is 0.556 e. The Labute approximate surface area is 284 Å². The second kappa shape index (κ2) is 16.5. The SMILES string of the molecule is CCc1ccc(OCOC)c(C(=O)c2ccc(C(=O)O[N+]3(C(=O)O)CCCCC(NC(=O)c4cc(C)c(OCOC)c(C)c4)C3)cc2)c1F. The highest BCUT2D eigenvalue weighted by Gasteiger charge is 2.46. The summed E-state index contributed by atoms with van der Waals surface area (Å²) in [4.78, 5) is 58.4. The molecule has 0 aromatic heterocycles. The minimum atomic E-state index is -1.39. The zero-order valence-electron chi connectivity index (χ0n) is 28.3. The minimum Gasteiger partial charge on any atom is -0.467 e. The molecule has 13 heteroatoms. The number of ketones is 1. The predicted octanol–water partition coefficient (Wildman–Crippen LogP) is 5.75. The lowest BCUT2D eigenvalue weighted by molar-refractivity contribution is -1.03. The highest BCUT2D eigenvalue weighted by molar-refractivity contribution is 6.11. The van der Waals surface area contributed by atoms with Gasteiger partial charge >= 0.3 is 12.1 Å². The van der Waals surface area contributed by atoms with Crippen LogP contribution in [0.25, 0.3) is 0 Å². The Hall–Kier alpha value is -4.85. The molecule has 1 aliphatic rings. The Bertz CT molecular complexity index is 1670. The molecule has 1 saturated heterocycles. The molecule has 0 spiro atoms. The molecule has 2 N–H and O–H groups in total. The lowest BCUT2D eigenvalue weighted by atomic mass is 9.97. The first kappa shape index (κ1) is 37.0. The van der Waals surface area contributed by atoms with Crippen LogP contribution < -0.4 is 14.8 Å². The van der Waals surface area contributed by atoms with Gasteiger partial charge in [-0.3, -0.25) is 14.4 Å². The number of carboxylic acid groups (broad SMARTS) is 1. The van der Waals surface area contributed by atoms with Gasteiger partial charge in [-0.15, -0.1) is 0 Å². The molecule has 12 nitrogen and oxygen atoms in total. The number of methoxy groups -OCH3 is 2. The van der Waals surface area contributed by atoms with Crippen LogP contribution in [0.1, 0.15) is 79.5 Å². The van der Waals surface area contributed by atoms with Crippen LogP contribution in [0.3, 0.4) is 0 Å². The van der Waals surface area contributed by atoms with Crippen LogP contribution in [-0.2, 0) is 20.7 Å². The molecule has 1 aliphatic heterocycles. The Morgan fingerprint density at radius 2 is 1.53 bits per heavy atom. The number of hydrogen-bond acceptors (Lipinski definition) is 9.